The molecule has 1 N–H and O–H groups in total. The summed E-state index contributed by atoms with van der Waals surface area (Å²) in [7, 11) is 0. The molecule has 0 aliphatic rings. The number of halogens is 1. The summed E-state index contributed by atoms with van der Waals surface area (Å²) in [5.41, 5.74) is 1.53. The Bertz CT molecular complexity index is 740. The molecular formula is C15H17ClN4O3. The second-order valence-corrected chi connectivity index (χ2v) is 5.71. The molecular weight excluding hydrogens is 320 g/mol. The van der Waals surface area contributed by atoms with Gasteiger partial charge in [-0.25, -0.2) is 0 Å². The largest absolute Gasteiger partial charge is 0.348 e. The van der Waals surface area contributed by atoms with E-state index in [2.05, 4.69) is 10.4 Å². The Morgan fingerprint density at radius 2 is 2.00 bits per heavy atom. The maximum absolute atomic E-state index is 12.1. The van der Waals surface area contributed by atoms with Gasteiger partial charge < -0.3 is 5.32 Å². The van der Waals surface area contributed by atoms with Gasteiger partial charge in [0.1, 0.15) is 17.9 Å². The smallest absolute Gasteiger partial charge is 0.312 e. The zero-order chi connectivity index (χ0) is 17.1. The average molecular weight is 337 g/mol. The Hall–Kier alpha value is -2.41. The van der Waals surface area contributed by atoms with E-state index in [0.717, 1.165) is 5.56 Å². The van der Waals surface area contributed by atoms with Crippen LogP contribution in [-0.4, -0.2) is 20.6 Å². The Balaban J connectivity index is 2.06. The third kappa shape index (κ3) is 3.87. The predicted octanol–water partition coefficient (Wildman–Crippen LogP) is 2.94. The lowest BCUT2D eigenvalue weighted by molar-refractivity contribution is -0.386. The van der Waals surface area contributed by atoms with Crippen molar-refractivity contribution in [3.05, 3.63) is 56.4 Å². The molecule has 0 saturated heterocycles. The van der Waals surface area contributed by atoms with Gasteiger partial charge in [-0.15, -0.1) is 0 Å². The van der Waals surface area contributed by atoms with Gasteiger partial charge in [0.2, 0.25) is 5.91 Å². The van der Waals surface area contributed by atoms with Crippen LogP contribution in [0.4, 0.5) is 5.69 Å². The molecule has 1 aromatic heterocycles. The number of rotatable bonds is 5. The minimum atomic E-state index is -0.484. The van der Waals surface area contributed by atoms with Crippen molar-refractivity contribution in [3.8, 4) is 0 Å². The fraction of sp³-hybridized carbons (Fsp3) is 0.333. The van der Waals surface area contributed by atoms with E-state index in [-0.39, 0.29) is 24.2 Å². The standard InChI is InChI=1S/C15H17ClN4O3/c1-9(12-4-6-13(16)7-5-12)17-14(21)8-19-11(3)15(20(22)23)10(2)18-19/h4-7,9H,8H2,1-3H3,(H,17,21). The van der Waals surface area contributed by atoms with Gasteiger partial charge in [0, 0.05) is 5.02 Å². The van der Waals surface area contributed by atoms with E-state index >= 15 is 0 Å². The van der Waals surface area contributed by atoms with Crippen LogP contribution < -0.4 is 5.32 Å². The first-order valence-electron chi connectivity index (χ1n) is 7.02. The minimum absolute atomic E-state index is 0.0523. The molecule has 1 amide bonds. The summed E-state index contributed by atoms with van der Waals surface area (Å²) in [6.07, 6.45) is 0. The van der Waals surface area contributed by atoms with Crippen molar-refractivity contribution >= 4 is 23.2 Å². The highest BCUT2D eigenvalue weighted by Gasteiger charge is 2.23. The molecule has 7 nitrogen and oxygen atoms in total. The molecule has 0 radical (unpaired) electrons. The number of nitro groups is 1. The van der Waals surface area contributed by atoms with Crippen molar-refractivity contribution < 1.29 is 9.72 Å². The first kappa shape index (κ1) is 17.0. The average Bonchev–Trinajstić information content (AvgIpc) is 2.73. The van der Waals surface area contributed by atoms with E-state index in [0.29, 0.717) is 16.4 Å². The third-order valence-electron chi connectivity index (χ3n) is 3.57. The third-order valence-corrected chi connectivity index (χ3v) is 3.82. The molecule has 2 aromatic rings. The monoisotopic (exact) mass is 336 g/mol. The molecule has 0 aliphatic heterocycles. The molecule has 0 bridgehead atoms. The van der Waals surface area contributed by atoms with Crippen molar-refractivity contribution in [2.24, 2.45) is 0 Å². The molecule has 23 heavy (non-hydrogen) atoms. The summed E-state index contributed by atoms with van der Waals surface area (Å²) >= 11 is 5.84. The van der Waals surface area contributed by atoms with Gasteiger partial charge in [-0.05, 0) is 38.5 Å². The second kappa shape index (κ2) is 6.78. The zero-order valence-corrected chi connectivity index (χ0v) is 13.8. The van der Waals surface area contributed by atoms with E-state index in [4.69, 9.17) is 11.6 Å². The number of aromatic nitrogens is 2. The zero-order valence-electron chi connectivity index (χ0n) is 13.0. The highest BCUT2D eigenvalue weighted by atomic mass is 35.5. The normalized spacial score (nSPS) is 12.0. The molecule has 122 valence electrons. The molecule has 0 aliphatic carbocycles. The predicted molar refractivity (Wildman–Crippen MR) is 86.4 cm³/mol. The molecule has 1 aromatic carbocycles. The van der Waals surface area contributed by atoms with Gasteiger partial charge in [0.25, 0.3) is 0 Å². The van der Waals surface area contributed by atoms with E-state index in [1.165, 1.54) is 4.68 Å². The lowest BCUT2D eigenvalue weighted by Gasteiger charge is -2.14. The lowest BCUT2D eigenvalue weighted by Crippen LogP contribution is -2.30. The number of carbonyl (C=O) groups excluding carboxylic acids is 1. The first-order chi connectivity index (χ1) is 10.8. The molecule has 1 heterocycles. The van der Waals surface area contributed by atoms with Gasteiger partial charge in [-0.1, -0.05) is 23.7 Å². The number of nitrogens with one attached hydrogen (secondary N) is 1. The molecule has 1 atom stereocenters. The summed E-state index contributed by atoms with van der Waals surface area (Å²) in [6, 6.07) is 6.98. The van der Waals surface area contributed by atoms with E-state index in [1.54, 1.807) is 26.0 Å². The van der Waals surface area contributed by atoms with E-state index in [1.807, 2.05) is 19.1 Å². The topological polar surface area (TPSA) is 90.1 Å². The van der Waals surface area contributed by atoms with Crippen molar-refractivity contribution in [2.45, 2.75) is 33.4 Å². The molecule has 2 rings (SSSR count). The first-order valence-corrected chi connectivity index (χ1v) is 7.40. The van der Waals surface area contributed by atoms with Crippen LogP contribution in [0.5, 0.6) is 0 Å². The van der Waals surface area contributed by atoms with Gasteiger partial charge in [0.05, 0.1) is 11.0 Å². The van der Waals surface area contributed by atoms with E-state index < -0.39 is 4.92 Å². The number of amides is 1. The van der Waals surface area contributed by atoms with Gasteiger partial charge in [0.15, 0.2) is 0 Å². The highest BCUT2D eigenvalue weighted by molar-refractivity contribution is 6.30. The fourth-order valence-corrected chi connectivity index (χ4v) is 2.49. The Morgan fingerprint density at radius 1 is 1.39 bits per heavy atom. The van der Waals surface area contributed by atoms with Gasteiger partial charge in [-0.3, -0.25) is 19.6 Å². The SMILES string of the molecule is Cc1nn(CC(=O)NC(C)c2ccc(Cl)cc2)c(C)c1[N+](=O)[O-]. The number of benzene rings is 1. The van der Waals surface area contributed by atoms with Crippen LogP contribution in [0.3, 0.4) is 0 Å². The molecule has 8 heteroatoms. The van der Waals surface area contributed by atoms with Crippen LogP contribution in [0.25, 0.3) is 0 Å². The highest BCUT2D eigenvalue weighted by Crippen LogP contribution is 2.21. The molecule has 1 unspecified atom stereocenters. The van der Waals surface area contributed by atoms with Crippen LogP contribution in [0.2, 0.25) is 5.02 Å². The van der Waals surface area contributed by atoms with Crippen LogP contribution in [0, 0.1) is 24.0 Å². The molecule has 0 saturated carbocycles. The van der Waals surface area contributed by atoms with Crippen molar-refractivity contribution in [1.82, 2.24) is 15.1 Å². The quantitative estimate of drug-likeness (QED) is 0.671. The lowest BCUT2D eigenvalue weighted by atomic mass is 10.1. The summed E-state index contributed by atoms with van der Waals surface area (Å²) < 4.78 is 1.34. The molecule has 0 fully saturated rings. The number of nitrogens with zero attached hydrogens (tertiary/aromatic N) is 3. The van der Waals surface area contributed by atoms with Crippen LogP contribution in [-0.2, 0) is 11.3 Å². The van der Waals surface area contributed by atoms with Gasteiger partial charge in [-0.2, -0.15) is 5.10 Å². The van der Waals surface area contributed by atoms with Crippen molar-refractivity contribution in [3.63, 3.8) is 0 Å². The summed E-state index contributed by atoms with van der Waals surface area (Å²) in [6.45, 7) is 4.91. The van der Waals surface area contributed by atoms with Crippen LogP contribution >= 0.6 is 11.6 Å². The maximum atomic E-state index is 12.1. The van der Waals surface area contributed by atoms with Crippen LogP contribution in [0.15, 0.2) is 24.3 Å². The Labute approximate surface area is 138 Å². The molecule has 0 spiro atoms. The summed E-state index contributed by atoms with van der Waals surface area (Å²) in [5.74, 6) is -0.270. The minimum Gasteiger partial charge on any atom is -0.348 e. The number of hydrogen-bond donors (Lipinski definition) is 1. The maximum Gasteiger partial charge on any atom is 0.312 e. The summed E-state index contributed by atoms with van der Waals surface area (Å²) in [5, 5.41) is 18.5. The number of hydrogen-bond acceptors (Lipinski definition) is 4. The van der Waals surface area contributed by atoms with Gasteiger partial charge >= 0.3 is 5.69 Å². The number of carbonyl (C=O) groups is 1. The van der Waals surface area contributed by atoms with E-state index in [9.17, 15) is 14.9 Å². The van der Waals surface area contributed by atoms with Crippen molar-refractivity contribution in [2.75, 3.05) is 0 Å². The summed E-state index contributed by atoms with van der Waals surface area (Å²) in [4.78, 5) is 22.6. The fourth-order valence-electron chi connectivity index (χ4n) is 2.36. The second-order valence-electron chi connectivity index (χ2n) is 5.27. The van der Waals surface area contributed by atoms with Crippen molar-refractivity contribution in [1.29, 1.82) is 0 Å². The Kier molecular flexibility index (Phi) is 5.00. The number of aryl methyl sites for hydroxylation is 1. The Morgan fingerprint density at radius 3 is 2.52 bits per heavy atom. The van der Waals surface area contributed by atoms with Crippen LogP contribution in [0.1, 0.15) is 29.9 Å².